The Balaban J connectivity index is 1.75. The molecule has 0 saturated heterocycles. The monoisotopic (exact) mass is 367 g/mol. The topological polar surface area (TPSA) is 64.6 Å². The molecule has 0 aromatic heterocycles. The van der Waals surface area contributed by atoms with Crippen molar-refractivity contribution < 1.29 is 17.9 Å². The van der Waals surface area contributed by atoms with Crippen molar-refractivity contribution in [3.8, 4) is 11.5 Å². The SMILES string of the molecule is CCOc1cc(CNCC2(S(C)(=O)=O)CCCC2)c2c(c1)CC(C)O2. The largest absolute Gasteiger partial charge is 0.494 e. The van der Waals surface area contributed by atoms with Gasteiger partial charge >= 0.3 is 0 Å². The van der Waals surface area contributed by atoms with E-state index in [1.165, 1.54) is 11.8 Å². The highest BCUT2D eigenvalue weighted by atomic mass is 32.2. The van der Waals surface area contributed by atoms with Gasteiger partial charge in [-0.15, -0.1) is 0 Å². The van der Waals surface area contributed by atoms with E-state index in [2.05, 4.69) is 18.3 Å². The molecule has 6 heteroatoms. The molecule has 25 heavy (non-hydrogen) atoms. The molecule has 1 aliphatic heterocycles. The summed E-state index contributed by atoms with van der Waals surface area (Å²) in [6, 6.07) is 4.07. The van der Waals surface area contributed by atoms with Crippen molar-refractivity contribution in [2.24, 2.45) is 0 Å². The van der Waals surface area contributed by atoms with Gasteiger partial charge in [-0.2, -0.15) is 0 Å². The zero-order chi connectivity index (χ0) is 18.1. The molecule has 1 aromatic carbocycles. The third kappa shape index (κ3) is 3.80. The molecular formula is C19H29NO4S. The molecule has 1 unspecified atom stereocenters. The first-order valence-corrected chi connectivity index (χ1v) is 11.1. The lowest BCUT2D eigenvalue weighted by Crippen LogP contribution is -2.44. The van der Waals surface area contributed by atoms with Gasteiger partial charge in [0.25, 0.3) is 0 Å². The normalized spacial score (nSPS) is 21.8. The van der Waals surface area contributed by atoms with Crippen molar-refractivity contribution in [2.45, 2.75) is 63.3 Å². The van der Waals surface area contributed by atoms with Crippen LogP contribution in [-0.2, 0) is 22.8 Å². The van der Waals surface area contributed by atoms with Gasteiger partial charge < -0.3 is 14.8 Å². The van der Waals surface area contributed by atoms with Crippen LogP contribution in [0.15, 0.2) is 12.1 Å². The Bertz CT molecular complexity index is 723. The van der Waals surface area contributed by atoms with E-state index in [4.69, 9.17) is 9.47 Å². The Hall–Kier alpha value is -1.27. The molecule has 2 aliphatic rings. The van der Waals surface area contributed by atoms with Crippen molar-refractivity contribution in [3.05, 3.63) is 23.3 Å². The maximum atomic E-state index is 12.3. The van der Waals surface area contributed by atoms with Crippen LogP contribution in [0.2, 0.25) is 0 Å². The first-order valence-electron chi connectivity index (χ1n) is 9.20. The van der Waals surface area contributed by atoms with Gasteiger partial charge in [0.15, 0.2) is 9.84 Å². The van der Waals surface area contributed by atoms with Crippen LogP contribution in [0.3, 0.4) is 0 Å². The molecule has 1 aliphatic carbocycles. The van der Waals surface area contributed by atoms with Crippen LogP contribution in [0.1, 0.15) is 50.7 Å². The fourth-order valence-electron chi connectivity index (χ4n) is 4.08. The van der Waals surface area contributed by atoms with Gasteiger partial charge in [-0.3, -0.25) is 0 Å². The summed E-state index contributed by atoms with van der Waals surface area (Å²) in [5.74, 6) is 1.79. The second-order valence-corrected chi connectivity index (χ2v) is 9.81. The number of hydrogen-bond donors (Lipinski definition) is 1. The van der Waals surface area contributed by atoms with Gasteiger partial charge in [-0.25, -0.2) is 8.42 Å². The van der Waals surface area contributed by atoms with Crippen molar-refractivity contribution in [1.29, 1.82) is 0 Å². The summed E-state index contributed by atoms with van der Waals surface area (Å²) in [5.41, 5.74) is 2.22. The number of hydrogen-bond acceptors (Lipinski definition) is 5. The molecule has 5 nitrogen and oxygen atoms in total. The van der Waals surface area contributed by atoms with Crippen molar-refractivity contribution >= 4 is 9.84 Å². The van der Waals surface area contributed by atoms with E-state index in [9.17, 15) is 8.42 Å². The quantitative estimate of drug-likeness (QED) is 0.803. The van der Waals surface area contributed by atoms with E-state index >= 15 is 0 Å². The Morgan fingerprint density at radius 2 is 2.04 bits per heavy atom. The van der Waals surface area contributed by atoms with Crippen molar-refractivity contribution in [3.63, 3.8) is 0 Å². The summed E-state index contributed by atoms with van der Waals surface area (Å²) < 4.78 is 35.6. The third-order valence-corrected chi connectivity index (χ3v) is 7.54. The average Bonchev–Trinajstić information content (AvgIpc) is 3.13. The maximum absolute atomic E-state index is 12.3. The Morgan fingerprint density at radius 1 is 1.32 bits per heavy atom. The van der Waals surface area contributed by atoms with Gasteiger partial charge in [0, 0.05) is 36.9 Å². The predicted octanol–water partition coefficient (Wildman–Crippen LogP) is 2.86. The summed E-state index contributed by atoms with van der Waals surface area (Å²) in [7, 11) is -3.07. The molecule has 1 heterocycles. The number of sulfone groups is 1. The Kier molecular flexibility index (Phi) is 5.30. The second kappa shape index (κ2) is 7.16. The zero-order valence-electron chi connectivity index (χ0n) is 15.4. The highest BCUT2D eigenvalue weighted by Crippen LogP contribution is 2.38. The average molecular weight is 368 g/mol. The van der Waals surface area contributed by atoms with Crippen LogP contribution >= 0.6 is 0 Å². The molecule has 1 N–H and O–H groups in total. The van der Waals surface area contributed by atoms with Crippen LogP contribution in [0.5, 0.6) is 11.5 Å². The molecule has 0 amide bonds. The Morgan fingerprint density at radius 3 is 2.68 bits per heavy atom. The summed E-state index contributed by atoms with van der Waals surface area (Å²) >= 11 is 0. The van der Waals surface area contributed by atoms with Gasteiger partial charge in [0.1, 0.15) is 17.6 Å². The lowest BCUT2D eigenvalue weighted by molar-refractivity contribution is 0.252. The summed E-state index contributed by atoms with van der Waals surface area (Å²) in [6.07, 6.45) is 5.92. The Labute approximate surface area is 151 Å². The maximum Gasteiger partial charge on any atom is 0.154 e. The van der Waals surface area contributed by atoms with Crippen LogP contribution in [0.4, 0.5) is 0 Å². The van der Waals surface area contributed by atoms with Gasteiger partial charge in [0.05, 0.1) is 11.4 Å². The second-order valence-electron chi connectivity index (χ2n) is 7.40. The molecule has 140 valence electrons. The number of rotatable bonds is 7. The molecule has 1 saturated carbocycles. The molecular weight excluding hydrogens is 338 g/mol. The minimum absolute atomic E-state index is 0.169. The van der Waals surface area contributed by atoms with Gasteiger partial charge in [0.2, 0.25) is 0 Å². The minimum atomic E-state index is -3.07. The summed E-state index contributed by atoms with van der Waals surface area (Å²) in [6.45, 7) is 5.75. The van der Waals surface area contributed by atoms with E-state index in [0.29, 0.717) is 19.7 Å². The predicted molar refractivity (Wildman–Crippen MR) is 99.2 cm³/mol. The highest BCUT2D eigenvalue weighted by molar-refractivity contribution is 7.92. The first kappa shape index (κ1) is 18.5. The molecule has 1 aromatic rings. The number of benzene rings is 1. The molecule has 3 rings (SSSR count). The summed E-state index contributed by atoms with van der Waals surface area (Å²) in [5, 5.41) is 3.39. The van der Waals surface area contributed by atoms with Crippen LogP contribution < -0.4 is 14.8 Å². The lowest BCUT2D eigenvalue weighted by Gasteiger charge is -2.27. The van der Waals surface area contributed by atoms with Gasteiger partial charge in [-0.05, 0) is 38.8 Å². The van der Waals surface area contributed by atoms with E-state index < -0.39 is 14.6 Å². The summed E-state index contributed by atoms with van der Waals surface area (Å²) in [4.78, 5) is 0. The van der Waals surface area contributed by atoms with Crippen LogP contribution in [0.25, 0.3) is 0 Å². The highest BCUT2D eigenvalue weighted by Gasteiger charge is 2.42. The lowest BCUT2D eigenvalue weighted by atomic mass is 10.0. The molecule has 0 bridgehead atoms. The fourth-order valence-corrected chi connectivity index (χ4v) is 5.48. The molecule has 1 fully saturated rings. The van der Waals surface area contributed by atoms with E-state index in [1.807, 2.05) is 13.0 Å². The van der Waals surface area contributed by atoms with E-state index in [1.54, 1.807) is 0 Å². The molecule has 0 spiro atoms. The van der Waals surface area contributed by atoms with Gasteiger partial charge in [-0.1, -0.05) is 12.8 Å². The van der Waals surface area contributed by atoms with E-state index in [-0.39, 0.29) is 6.10 Å². The van der Waals surface area contributed by atoms with E-state index in [0.717, 1.165) is 49.2 Å². The third-order valence-electron chi connectivity index (χ3n) is 5.42. The molecule has 1 atom stereocenters. The fraction of sp³-hybridized carbons (Fsp3) is 0.684. The number of fused-ring (bicyclic) bond motifs is 1. The zero-order valence-corrected chi connectivity index (χ0v) is 16.2. The number of nitrogens with one attached hydrogen (secondary N) is 1. The first-order chi connectivity index (χ1) is 11.8. The standard InChI is InChI=1S/C19H29NO4S/c1-4-23-17-10-15-9-14(2)24-18(15)16(11-17)12-20-13-19(25(3,21)22)7-5-6-8-19/h10-11,14,20H,4-9,12-13H2,1-3H3. The van der Waals surface area contributed by atoms with Crippen LogP contribution in [-0.4, -0.2) is 38.7 Å². The number of ether oxygens (including phenoxy) is 2. The van der Waals surface area contributed by atoms with Crippen molar-refractivity contribution in [2.75, 3.05) is 19.4 Å². The van der Waals surface area contributed by atoms with Crippen LogP contribution in [0, 0.1) is 0 Å². The smallest absolute Gasteiger partial charge is 0.154 e. The minimum Gasteiger partial charge on any atom is -0.494 e. The van der Waals surface area contributed by atoms with Crippen molar-refractivity contribution in [1.82, 2.24) is 5.32 Å². The molecule has 0 radical (unpaired) electrons.